The normalized spacial score (nSPS) is 11.5. The SMILES string of the molecule is CCCCCCCCCCCCCCCC(=O)NC(CCC(=O)O)C(=O)O.[NaH]. The van der Waals surface area contributed by atoms with E-state index in [9.17, 15) is 14.4 Å². The van der Waals surface area contributed by atoms with Crippen molar-refractivity contribution in [1.82, 2.24) is 5.32 Å². The second-order valence-corrected chi connectivity index (χ2v) is 7.38. The first-order valence-corrected chi connectivity index (χ1v) is 10.7. The molecule has 0 aliphatic heterocycles. The number of carboxylic acid groups (broad SMARTS) is 2. The van der Waals surface area contributed by atoms with Crippen molar-refractivity contribution in [3.05, 3.63) is 0 Å². The van der Waals surface area contributed by atoms with Crippen LogP contribution in [0.1, 0.15) is 110 Å². The van der Waals surface area contributed by atoms with Crippen LogP contribution < -0.4 is 5.32 Å². The molecule has 0 bridgehead atoms. The Labute approximate surface area is 192 Å². The summed E-state index contributed by atoms with van der Waals surface area (Å²) in [6.07, 6.45) is 15.9. The number of hydrogen-bond acceptors (Lipinski definition) is 3. The Bertz CT molecular complexity index is 418. The van der Waals surface area contributed by atoms with Crippen LogP contribution >= 0.6 is 0 Å². The maximum absolute atomic E-state index is 11.8. The van der Waals surface area contributed by atoms with Gasteiger partial charge in [-0.1, -0.05) is 84.0 Å². The van der Waals surface area contributed by atoms with E-state index in [0.717, 1.165) is 19.3 Å². The number of nitrogens with one attached hydrogen (secondary N) is 1. The molecule has 1 unspecified atom stereocenters. The Hall–Kier alpha value is -0.590. The third kappa shape index (κ3) is 20.2. The molecule has 6 nitrogen and oxygen atoms in total. The average molecular weight is 410 g/mol. The third-order valence-corrected chi connectivity index (χ3v) is 4.79. The number of carbonyl (C=O) groups is 3. The van der Waals surface area contributed by atoms with Gasteiger partial charge in [-0.25, -0.2) is 4.79 Å². The van der Waals surface area contributed by atoms with Gasteiger partial charge in [0, 0.05) is 12.8 Å². The molecule has 0 spiro atoms. The van der Waals surface area contributed by atoms with E-state index in [0.29, 0.717) is 6.42 Å². The molecule has 0 aliphatic rings. The molecule has 3 N–H and O–H groups in total. The molecule has 0 rings (SSSR count). The number of amides is 1. The topological polar surface area (TPSA) is 104 Å². The Morgan fingerprint density at radius 2 is 1.14 bits per heavy atom. The predicted octanol–water partition coefficient (Wildman–Crippen LogP) is 4.25. The molecule has 1 atom stereocenters. The molecule has 0 aliphatic carbocycles. The van der Waals surface area contributed by atoms with Crippen molar-refractivity contribution in [2.24, 2.45) is 0 Å². The fourth-order valence-corrected chi connectivity index (χ4v) is 3.10. The number of hydrogen-bond donors (Lipinski definition) is 3. The standard InChI is InChI=1S/C21H39NO5.Na.H/c1-2-3-4-5-6-7-8-9-10-11-12-13-14-15-19(23)22-18(21(26)27)16-17-20(24)25;;/h18H,2-17H2,1H3,(H,22,23)(H,24,25)(H,26,27);;. The van der Waals surface area contributed by atoms with Gasteiger partial charge in [0.2, 0.25) is 5.91 Å². The molecular weight excluding hydrogens is 369 g/mol. The van der Waals surface area contributed by atoms with Gasteiger partial charge in [-0.05, 0) is 12.8 Å². The minimum atomic E-state index is -1.19. The number of aliphatic carboxylic acids is 2. The zero-order valence-corrected chi connectivity index (χ0v) is 17.0. The predicted molar refractivity (Wildman–Crippen MR) is 114 cm³/mol. The van der Waals surface area contributed by atoms with Crippen LogP contribution in [-0.2, 0) is 14.4 Å². The van der Waals surface area contributed by atoms with Crippen molar-refractivity contribution in [2.75, 3.05) is 0 Å². The van der Waals surface area contributed by atoms with Crippen LogP contribution in [0.15, 0.2) is 0 Å². The van der Waals surface area contributed by atoms with Gasteiger partial charge in [0.1, 0.15) is 6.04 Å². The van der Waals surface area contributed by atoms with Crippen molar-refractivity contribution in [3.63, 3.8) is 0 Å². The summed E-state index contributed by atoms with van der Waals surface area (Å²) >= 11 is 0. The number of rotatable bonds is 19. The summed E-state index contributed by atoms with van der Waals surface area (Å²) in [4.78, 5) is 33.3. The van der Waals surface area contributed by atoms with Gasteiger partial charge in [0.15, 0.2) is 0 Å². The van der Waals surface area contributed by atoms with E-state index in [-0.39, 0.29) is 48.3 Å². The Balaban J connectivity index is 0. The van der Waals surface area contributed by atoms with Crippen molar-refractivity contribution in [2.45, 2.75) is 116 Å². The monoisotopic (exact) mass is 409 g/mol. The van der Waals surface area contributed by atoms with Crippen LogP contribution in [0.3, 0.4) is 0 Å². The molecule has 0 aromatic carbocycles. The van der Waals surface area contributed by atoms with Crippen LogP contribution in [0.5, 0.6) is 0 Å². The van der Waals surface area contributed by atoms with E-state index in [2.05, 4.69) is 12.2 Å². The van der Waals surface area contributed by atoms with E-state index < -0.39 is 18.0 Å². The minimum absolute atomic E-state index is 0. The first-order valence-electron chi connectivity index (χ1n) is 10.7. The second kappa shape index (κ2) is 21.1. The van der Waals surface area contributed by atoms with Crippen molar-refractivity contribution < 1.29 is 24.6 Å². The van der Waals surface area contributed by atoms with Crippen LogP contribution in [-0.4, -0.2) is 63.7 Å². The van der Waals surface area contributed by atoms with Crippen LogP contribution in [0.2, 0.25) is 0 Å². The summed E-state index contributed by atoms with van der Waals surface area (Å²) in [7, 11) is 0. The summed E-state index contributed by atoms with van der Waals surface area (Å²) in [6, 6.07) is -1.12. The molecule has 0 heterocycles. The Morgan fingerprint density at radius 3 is 1.54 bits per heavy atom. The summed E-state index contributed by atoms with van der Waals surface area (Å²) in [6.45, 7) is 2.24. The molecule has 0 radical (unpaired) electrons. The summed E-state index contributed by atoms with van der Waals surface area (Å²) in [5.41, 5.74) is 0. The number of carboxylic acids is 2. The number of unbranched alkanes of at least 4 members (excludes halogenated alkanes) is 12. The Kier molecular flexibility index (Phi) is 22.3. The zero-order chi connectivity index (χ0) is 20.3. The third-order valence-electron chi connectivity index (χ3n) is 4.79. The van der Waals surface area contributed by atoms with Crippen molar-refractivity contribution in [3.8, 4) is 0 Å². The van der Waals surface area contributed by atoms with Crippen LogP contribution in [0.25, 0.3) is 0 Å². The van der Waals surface area contributed by atoms with E-state index in [4.69, 9.17) is 10.2 Å². The summed E-state index contributed by atoms with van der Waals surface area (Å²) in [5, 5.41) is 20.0. The van der Waals surface area contributed by atoms with E-state index in [1.54, 1.807) is 0 Å². The maximum atomic E-state index is 11.8. The molecule has 0 saturated heterocycles. The molecule has 0 aromatic heterocycles. The van der Waals surface area contributed by atoms with Gasteiger partial charge in [0.05, 0.1) is 0 Å². The Morgan fingerprint density at radius 1 is 0.714 bits per heavy atom. The van der Waals surface area contributed by atoms with Crippen molar-refractivity contribution >= 4 is 47.4 Å². The fourth-order valence-electron chi connectivity index (χ4n) is 3.10. The van der Waals surface area contributed by atoms with Gasteiger partial charge >= 0.3 is 41.5 Å². The van der Waals surface area contributed by atoms with E-state index in [1.165, 1.54) is 64.2 Å². The molecule has 28 heavy (non-hydrogen) atoms. The van der Waals surface area contributed by atoms with Gasteiger partial charge in [-0.15, -0.1) is 0 Å². The van der Waals surface area contributed by atoms with E-state index >= 15 is 0 Å². The molecular formula is C21H40NNaO5. The number of carbonyl (C=O) groups excluding carboxylic acids is 1. The molecule has 0 fully saturated rings. The molecule has 0 aromatic rings. The van der Waals surface area contributed by atoms with Crippen LogP contribution in [0, 0.1) is 0 Å². The first kappa shape index (κ1) is 29.6. The van der Waals surface area contributed by atoms with Gasteiger partial charge in [-0.3, -0.25) is 9.59 Å². The molecule has 160 valence electrons. The van der Waals surface area contributed by atoms with Crippen molar-refractivity contribution in [1.29, 1.82) is 0 Å². The fraction of sp³-hybridized carbons (Fsp3) is 0.857. The van der Waals surface area contributed by atoms with Gasteiger partial charge in [0.25, 0.3) is 0 Å². The average Bonchev–Trinajstić information content (AvgIpc) is 2.62. The quantitative estimate of drug-likeness (QED) is 0.218. The van der Waals surface area contributed by atoms with Gasteiger partial charge < -0.3 is 15.5 Å². The summed E-state index contributed by atoms with van der Waals surface area (Å²) in [5.74, 6) is -2.56. The zero-order valence-electron chi connectivity index (χ0n) is 17.0. The molecule has 0 saturated carbocycles. The summed E-state index contributed by atoms with van der Waals surface area (Å²) < 4.78 is 0. The van der Waals surface area contributed by atoms with E-state index in [1.807, 2.05) is 0 Å². The first-order chi connectivity index (χ1) is 13.0. The van der Waals surface area contributed by atoms with Gasteiger partial charge in [-0.2, -0.15) is 0 Å². The molecule has 7 heteroatoms. The molecule has 1 amide bonds. The van der Waals surface area contributed by atoms with Crippen LogP contribution in [0.4, 0.5) is 0 Å². The second-order valence-electron chi connectivity index (χ2n) is 7.38.